The van der Waals surface area contributed by atoms with E-state index in [4.69, 9.17) is 0 Å². The first-order valence-electron chi connectivity index (χ1n) is 10.6. The van der Waals surface area contributed by atoms with Crippen LogP contribution in [0.2, 0.25) is 0 Å². The molecule has 5 rings (SSSR count). The van der Waals surface area contributed by atoms with Crippen molar-refractivity contribution in [3.63, 3.8) is 0 Å². The predicted octanol–water partition coefficient (Wildman–Crippen LogP) is 3.57. The van der Waals surface area contributed by atoms with Crippen molar-refractivity contribution in [1.29, 1.82) is 0 Å². The Morgan fingerprint density at radius 1 is 1.20 bits per heavy atom. The van der Waals surface area contributed by atoms with E-state index in [0.717, 1.165) is 41.6 Å². The normalized spacial score (nSPS) is 18.8. The quantitative estimate of drug-likeness (QED) is 0.671. The van der Waals surface area contributed by atoms with Gasteiger partial charge in [-0.1, -0.05) is 0 Å². The summed E-state index contributed by atoms with van der Waals surface area (Å²) in [6.45, 7) is 7.54. The Kier molecular flexibility index (Phi) is 4.14. The van der Waals surface area contributed by atoms with Crippen molar-refractivity contribution in [2.75, 3.05) is 13.1 Å². The number of aromatic nitrogens is 4. The average Bonchev–Trinajstić information content (AvgIpc) is 3.32. The molecule has 3 aromatic rings. The summed E-state index contributed by atoms with van der Waals surface area (Å²) in [6.07, 6.45) is 6.66. The van der Waals surface area contributed by atoms with Crippen molar-refractivity contribution >= 4 is 22.7 Å². The second-order valence-electron chi connectivity index (χ2n) is 9.79. The topological polar surface area (TPSA) is 83.9 Å². The second kappa shape index (κ2) is 6.52. The van der Waals surface area contributed by atoms with E-state index in [0.29, 0.717) is 25.2 Å². The monoisotopic (exact) mass is 405 g/mol. The minimum Gasteiger partial charge on any atom is -0.337 e. The Labute approximate surface area is 175 Å². The third-order valence-corrected chi connectivity index (χ3v) is 6.58. The Hall–Kier alpha value is -2.96. The molecule has 1 saturated heterocycles. The van der Waals surface area contributed by atoms with Gasteiger partial charge in [0.15, 0.2) is 5.78 Å². The molecule has 1 aliphatic carbocycles. The van der Waals surface area contributed by atoms with Crippen LogP contribution in [-0.2, 0) is 12.0 Å². The number of nitrogens with one attached hydrogen (secondary N) is 1. The molecule has 1 spiro atoms. The van der Waals surface area contributed by atoms with Gasteiger partial charge in [-0.25, -0.2) is 4.98 Å². The van der Waals surface area contributed by atoms with E-state index in [1.165, 1.54) is 0 Å². The highest BCUT2D eigenvalue weighted by Crippen LogP contribution is 2.44. The van der Waals surface area contributed by atoms with E-state index in [1.54, 1.807) is 6.20 Å². The highest BCUT2D eigenvalue weighted by Gasteiger charge is 2.44. The molecular weight excluding hydrogens is 378 g/mol. The molecule has 0 radical (unpaired) electrons. The van der Waals surface area contributed by atoms with Crippen molar-refractivity contribution in [2.24, 2.45) is 5.41 Å². The maximum absolute atomic E-state index is 13.1. The van der Waals surface area contributed by atoms with E-state index in [-0.39, 0.29) is 22.6 Å². The van der Waals surface area contributed by atoms with Gasteiger partial charge in [-0.15, -0.1) is 0 Å². The van der Waals surface area contributed by atoms with Crippen molar-refractivity contribution in [1.82, 2.24) is 24.6 Å². The summed E-state index contributed by atoms with van der Waals surface area (Å²) in [5, 5.41) is 5.46. The molecule has 1 N–H and O–H groups in total. The number of H-pyrrole nitrogens is 1. The molecule has 7 heteroatoms. The number of amides is 1. The van der Waals surface area contributed by atoms with E-state index in [1.807, 2.05) is 34.0 Å². The largest absolute Gasteiger partial charge is 0.337 e. The maximum atomic E-state index is 13.1. The van der Waals surface area contributed by atoms with Gasteiger partial charge in [-0.05, 0) is 63.6 Å². The molecule has 1 amide bonds. The molecule has 1 fully saturated rings. The van der Waals surface area contributed by atoms with Gasteiger partial charge in [-0.3, -0.25) is 14.3 Å². The van der Waals surface area contributed by atoms with Crippen LogP contribution in [0.4, 0.5) is 0 Å². The number of ketones is 1. The van der Waals surface area contributed by atoms with E-state index >= 15 is 0 Å². The zero-order chi connectivity index (χ0) is 21.1. The van der Waals surface area contributed by atoms with Crippen LogP contribution >= 0.6 is 0 Å². The molecule has 7 nitrogen and oxygen atoms in total. The first kappa shape index (κ1) is 19.0. The number of hydrogen-bond donors (Lipinski definition) is 1. The molecule has 0 atom stereocenters. The number of fused-ring (bicyclic) bond motifs is 2. The van der Waals surface area contributed by atoms with Gasteiger partial charge in [0.25, 0.3) is 5.91 Å². The summed E-state index contributed by atoms with van der Waals surface area (Å²) in [7, 11) is 0. The van der Waals surface area contributed by atoms with Gasteiger partial charge in [0.1, 0.15) is 17.0 Å². The standard InChI is InChI=1S/C23H27N5O2/c1-22(2,3)28-19-16(14-25-28)12-23(13-18(19)29)6-9-27(10-7-23)21(30)17-11-15-5-4-8-24-20(15)26-17/h4-5,8,11,14H,6-7,9-10,12-13H2,1-3H3,(H,24,26). The number of nitrogens with zero attached hydrogens (tertiary/aromatic N) is 4. The van der Waals surface area contributed by atoms with Crippen molar-refractivity contribution in [3.8, 4) is 0 Å². The summed E-state index contributed by atoms with van der Waals surface area (Å²) < 4.78 is 1.88. The van der Waals surface area contributed by atoms with Gasteiger partial charge in [0, 0.05) is 36.7 Å². The lowest BCUT2D eigenvalue weighted by atomic mass is 9.67. The molecule has 3 aromatic heterocycles. The molecule has 30 heavy (non-hydrogen) atoms. The number of carbonyl (C=O) groups excluding carboxylic acids is 2. The molecule has 0 saturated carbocycles. The van der Waals surface area contributed by atoms with Crippen LogP contribution in [0.1, 0.15) is 66.6 Å². The first-order chi connectivity index (χ1) is 14.3. The van der Waals surface area contributed by atoms with Gasteiger partial charge >= 0.3 is 0 Å². The van der Waals surface area contributed by atoms with Crippen molar-refractivity contribution in [2.45, 2.75) is 52.0 Å². The minimum atomic E-state index is -0.210. The Balaban J connectivity index is 1.32. The van der Waals surface area contributed by atoms with Gasteiger partial charge in [0.2, 0.25) is 0 Å². The number of piperidine rings is 1. The van der Waals surface area contributed by atoms with Crippen molar-refractivity contribution < 1.29 is 9.59 Å². The molecule has 4 heterocycles. The number of aromatic amines is 1. The Bertz CT molecular complexity index is 1110. The Morgan fingerprint density at radius 3 is 2.67 bits per heavy atom. The van der Waals surface area contributed by atoms with Crippen LogP contribution in [0.15, 0.2) is 30.6 Å². The second-order valence-corrected chi connectivity index (χ2v) is 9.79. The van der Waals surface area contributed by atoms with Gasteiger partial charge in [0.05, 0.1) is 11.7 Å². The number of carbonyl (C=O) groups is 2. The van der Waals surface area contributed by atoms with Crippen LogP contribution in [-0.4, -0.2) is 49.4 Å². The van der Waals surface area contributed by atoms with Crippen LogP contribution in [0.3, 0.4) is 0 Å². The van der Waals surface area contributed by atoms with E-state index in [9.17, 15) is 9.59 Å². The highest BCUT2D eigenvalue weighted by molar-refractivity contribution is 5.98. The molecular formula is C23H27N5O2. The fourth-order valence-electron chi connectivity index (χ4n) is 4.99. The summed E-state index contributed by atoms with van der Waals surface area (Å²) in [5.74, 6) is 0.191. The van der Waals surface area contributed by atoms with E-state index in [2.05, 4.69) is 35.8 Å². The number of pyridine rings is 1. The lowest BCUT2D eigenvalue weighted by molar-refractivity contribution is 0.0511. The van der Waals surface area contributed by atoms with E-state index < -0.39 is 0 Å². The molecule has 1 aliphatic heterocycles. The van der Waals surface area contributed by atoms with Crippen LogP contribution < -0.4 is 0 Å². The van der Waals surface area contributed by atoms with Crippen LogP contribution in [0, 0.1) is 5.41 Å². The first-order valence-corrected chi connectivity index (χ1v) is 10.6. The lowest BCUT2D eigenvalue weighted by Gasteiger charge is -2.43. The van der Waals surface area contributed by atoms with Gasteiger partial charge < -0.3 is 9.88 Å². The summed E-state index contributed by atoms with van der Waals surface area (Å²) in [5.41, 5.74) is 2.87. The SMILES string of the molecule is CC(C)(C)n1ncc2c1C(=O)CC1(CCN(C(=O)c3cc4cccnc4[nH]3)CC1)C2. The number of hydrogen-bond acceptors (Lipinski definition) is 4. The number of Topliss-reactive ketones (excluding diaryl/α,β-unsaturated/α-hetero) is 1. The number of rotatable bonds is 1. The highest BCUT2D eigenvalue weighted by atomic mass is 16.2. The molecule has 156 valence electrons. The van der Waals surface area contributed by atoms with Crippen molar-refractivity contribution in [3.05, 3.63) is 47.5 Å². The molecule has 0 aromatic carbocycles. The smallest absolute Gasteiger partial charge is 0.270 e. The van der Waals surface area contributed by atoms with Gasteiger partial charge in [-0.2, -0.15) is 5.10 Å². The summed E-state index contributed by atoms with van der Waals surface area (Å²) in [4.78, 5) is 35.4. The summed E-state index contributed by atoms with van der Waals surface area (Å²) in [6, 6.07) is 5.68. The van der Waals surface area contributed by atoms with Crippen LogP contribution in [0.5, 0.6) is 0 Å². The zero-order valence-electron chi connectivity index (χ0n) is 17.7. The maximum Gasteiger partial charge on any atom is 0.270 e. The molecule has 2 aliphatic rings. The third kappa shape index (κ3) is 3.04. The fourth-order valence-corrected chi connectivity index (χ4v) is 4.99. The fraction of sp³-hybridized carbons (Fsp3) is 0.478. The lowest BCUT2D eigenvalue weighted by Crippen LogP contribution is -2.46. The van der Waals surface area contributed by atoms with Crippen LogP contribution in [0.25, 0.3) is 11.0 Å². The number of likely N-dealkylation sites (tertiary alicyclic amines) is 1. The predicted molar refractivity (Wildman–Crippen MR) is 114 cm³/mol. The Morgan fingerprint density at radius 2 is 1.97 bits per heavy atom. The molecule has 0 bridgehead atoms. The average molecular weight is 406 g/mol. The molecule has 0 unspecified atom stereocenters. The summed E-state index contributed by atoms with van der Waals surface area (Å²) >= 11 is 0. The third-order valence-electron chi connectivity index (χ3n) is 6.58. The minimum absolute atomic E-state index is 0.00577. The zero-order valence-corrected chi connectivity index (χ0v) is 17.7.